The molecule has 0 N–H and O–H groups in total. The van der Waals surface area contributed by atoms with Gasteiger partial charge in [0.05, 0.1) is 0 Å². The van der Waals surface area contributed by atoms with Gasteiger partial charge in [-0.2, -0.15) is 0 Å². The molecule has 0 aliphatic heterocycles. The number of ketones is 2. The molecule has 0 bridgehead atoms. The van der Waals surface area contributed by atoms with Crippen LogP contribution in [0.1, 0.15) is 122 Å². The minimum Gasteiger partial charge on any atom is -0.489 e. The zero-order chi connectivity index (χ0) is 37.4. The van der Waals surface area contributed by atoms with Crippen LogP contribution in [0, 0.1) is 45.3 Å². The Labute approximate surface area is 319 Å². The van der Waals surface area contributed by atoms with Gasteiger partial charge in [0.15, 0.2) is 0 Å². The maximum Gasteiger partial charge on any atom is 0.140 e. The van der Waals surface area contributed by atoms with Gasteiger partial charge in [0, 0.05) is 23.7 Å². The Bertz CT molecular complexity index is 1810. The molecule has 4 aliphatic rings. The van der Waals surface area contributed by atoms with Gasteiger partial charge in [-0.15, -0.1) is 0 Å². The summed E-state index contributed by atoms with van der Waals surface area (Å²) in [4.78, 5) is 29.8. The van der Waals surface area contributed by atoms with Gasteiger partial charge < -0.3 is 9.47 Å². The highest BCUT2D eigenvalue weighted by atomic mass is 16.5. The van der Waals surface area contributed by atoms with Crippen LogP contribution in [-0.2, 0) is 29.2 Å². The summed E-state index contributed by atoms with van der Waals surface area (Å²) in [6.45, 7) is 15.1. The first-order valence-corrected chi connectivity index (χ1v) is 20.6. The van der Waals surface area contributed by atoms with E-state index in [9.17, 15) is 4.79 Å². The maximum absolute atomic E-state index is 15.2. The first kappa shape index (κ1) is 37.6. The standard InChI is InChI=1S/C49H62O4/c1-34-26-28-49(31-45(51)48(6)35(2)22-24-40-41(48)19-14-27-46(40,3)4)43(20-13-21-44(49)50)47(34,5)30-38-29-39(52-32-36-15-9-7-10-16-36)23-25-42(38)53-33-37-17-11-8-12-18-37/h7-12,15-18,23-25,29,34-35,41,43H,13-14,19-22,26-28,30-33H2,1-6H3/t34-,35-,41+,43+,47-,48+,49+/m1/s1. The summed E-state index contributed by atoms with van der Waals surface area (Å²) in [5.41, 5.74) is 3.74. The molecule has 7 atom stereocenters. The van der Waals surface area contributed by atoms with E-state index >= 15 is 4.79 Å². The van der Waals surface area contributed by atoms with E-state index in [1.807, 2.05) is 42.5 Å². The zero-order valence-corrected chi connectivity index (χ0v) is 33.2. The van der Waals surface area contributed by atoms with E-state index in [4.69, 9.17) is 9.47 Å². The third-order valence-corrected chi connectivity index (χ3v) is 15.1. The van der Waals surface area contributed by atoms with Gasteiger partial charge >= 0.3 is 0 Å². The molecule has 4 aliphatic carbocycles. The minimum absolute atomic E-state index is 0.125. The molecule has 3 fully saturated rings. The Morgan fingerprint density at radius 2 is 1.45 bits per heavy atom. The van der Waals surface area contributed by atoms with Crippen LogP contribution in [0.4, 0.5) is 0 Å². The molecule has 0 radical (unpaired) electrons. The topological polar surface area (TPSA) is 52.6 Å². The fourth-order valence-electron chi connectivity index (χ4n) is 11.4. The molecule has 4 nitrogen and oxygen atoms in total. The first-order valence-electron chi connectivity index (χ1n) is 20.6. The Morgan fingerprint density at radius 1 is 0.774 bits per heavy atom. The lowest BCUT2D eigenvalue weighted by molar-refractivity contribution is -0.161. The number of carbonyl (C=O) groups is 2. The number of rotatable bonds is 11. The monoisotopic (exact) mass is 714 g/mol. The normalized spacial score (nSPS) is 32.2. The highest BCUT2D eigenvalue weighted by Gasteiger charge is 2.61. The molecule has 3 aromatic carbocycles. The number of ether oxygens (including phenoxy) is 2. The van der Waals surface area contributed by atoms with E-state index in [1.165, 1.54) is 12.0 Å². The number of allylic oxidation sites excluding steroid dienone is 2. The number of fused-ring (bicyclic) bond motifs is 2. The zero-order valence-electron chi connectivity index (χ0n) is 33.2. The molecular formula is C49H62O4. The fourth-order valence-corrected chi connectivity index (χ4v) is 11.4. The van der Waals surface area contributed by atoms with Crippen LogP contribution in [0.2, 0.25) is 0 Å². The molecule has 0 aromatic heterocycles. The predicted octanol–water partition coefficient (Wildman–Crippen LogP) is 11.9. The van der Waals surface area contributed by atoms with Crippen LogP contribution in [-0.4, -0.2) is 11.6 Å². The maximum atomic E-state index is 15.2. The molecule has 0 unspecified atom stereocenters. The number of hydrogen-bond donors (Lipinski definition) is 0. The van der Waals surface area contributed by atoms with Crippen molar-refractivity contribution in [2.24, 2.45) is 45.3 Å². The van der Waals surface area contributed by atoms with Crippen LogP contribution in [0.25, 0.3) is 0 Å². The summed E-state index contributed by atoms with van der Waals surface area (Å²) in [5.74, 6) is 3.42. The third kappa shape index (κ3) is 7.05. The van der Waals surface area contributed by atoms with E-state index in [0.717, 1.165) is 79.6 Å². The Morgan fingerprint density at radius 3 is 2.15 bits per heavy atom. The van der Waals surface area contributed by atoms with Crippen LogP contribution < -0.4 is 9.47 Å². The van der Waals surface area contributed by atoms with E-state index in [0.29, 0.717) is 43.5 Å². The van der Waals surface area contributed by atoms with Gasteiger partial charge in [-0.05, 0) is 121 Å². The molecule has 0 heterocycles. The molecule has 3 saturated carbocycles. The van der Waals surface area contributed by atoms with Crippen molar-refractivity contribution in [2.75, 3.05) is 0 Å². The van der Waals surface area contributed by atoms with Gasteiger partial charge in [-0.1, -0.05) is 120 Å². The van der Waals surface area contributed by atoms with Crippen molar-refractivity contribution in [1.82, 2.24) is 0 Å². The van der Waals surface area contributed by atoms with Crippen molar-refractivity contribution >= 4 is 11.6 Å². The van der Waals surface area contributed by atoms with Crippen LogP contribution in [0.3, 0.4) is 0 Å². The SMILES string of the molecule is C[C@@H]1CC[C@@]2(CC(=O)[C@@]3(C)[C@H](C)CC=C4[C@@H]3CCCC4(C)C)C(=O)CCC[C@H]2[C@]1(C)Cc1cc(OCc2ccccc2)ccc1OCc1ccccc1. The molecule has 4 heteroatoms. The average Bonchev–Trinajstić information content (AvgIpc) is 3.15. The van der Waals surface area contributed by atoms with Crippen molar-refractivity contribution < 1.29 is 19.1 Å². The van der Waals surface area contributed by atoms with Gasteiger partial charge in [-0.25, -0.2) is 0 Å². The molecule has 0 spiro atoms. The predicted molar refractivity (Wildman–Crippen MR) is 214 cm³/mol. The highest BCUT2D eigenvalue weighted by molar-refractivity contribution is 5.94. The summed E-state index contributed by atoms with van der Waals surface area (Å²) in [6.07, 6.45) is 12.3. The Hall–Kier alpha value is -3.66. The lowest BCUT2D eigenvalue weighted by atomic mass is 9.43. The van der Waals surface area contributed by atoms with Gasteiger partial charge in [-0.3, -0.25) is 9.59 Å². The molecule has 3 aromatic rings. The first-order chi connectivity index (χ1) is 25.4. The second-order valence-corrected chi connectivity index (χ2v) is 18.5. The van der Waals surface area contributed by atoms with Crippen LogP contribution >= 0.6 is 0 Å². The number of hydrogen-bond acceptors (Lipinski definition) is 4. The summed E-state index contributed by atoms with van der Waals surface area (Å²) < 4.78 is 13.0. The average molecular weight is 715 g/mol. The van der Waals surface area contributed by atoms with Gasteiger partial charge in [0.2, 0.25) is 0 Å². The molecule has 282 valence electrons. The molecule has 0 amide bonds. The summed E-state index contributed by atoms with van der Waals surface area (Å²) in [5, 5.41) is 0. The summed E-state index contributed by atoms with van der Waals surface area (Å²) >= 11 is 0. The van der Waals surface area contributed by atoms with E-state index < -0.39 is 10.8 Å². The van der Waals surface area contributed by atoms with Gasteiger partial charge in [0.25, 0.3) is 0 Å². The van der Waals surface area contributed by atoms with Crippen molar-refractivity contribution in [3.8, 4) is 11.5 Å². The number of carbonyl (C=O) groups excluding carboxylic acids is 2. The molecule has 7 rings (SSSR count). The molecule has 0 saturated heterocycles. The van der Waals surface area contributed by atoms with Crippen LogP contribution in [0.5, 0.6) is 11.5 Å². The molecular weight excluding hydrogens is 653 g/mol. The second-order valence-electron chi connectivity index (χ2n) is 18.5. The lowest BCUT2D eigenvalue weighted by Crippen LogP contribution is -2.58. The Balaban J connectivity index is 1.21. The third-order valence-electron chi connectivity index (χ3n) is 15.1. The Kier molecular flexibility index (Phi) is 10.6. The minimum atomic E-state index is -0.614. The number of benzene rings is 3. The van der Waals surface area contributed by atoms with Crippen molar-refractivity contribution in [1.29, 1.82) is 0 Å². The van der Waals surface area contributed by atoms with Crippen molar-refractivity contribution in [3.63, 3.8) is 0 Å². The van der Waals surface area contributed by atoms with E-state index in [2.05, 4.69) is 84.0 Å². The number of Topliss-reactive ketones (excluding diaryl/α,β-unsaturated/α-hetero) is 2. The highest BCUT2D eigenvalue weighted by Crippen LogP contribution is 2.64. The molecule has 53 heavy (non-hydrogen) atoms. The quantitative estimate of drug-likeness (QED) is 0.186. The lowest BCUT2D eigenvalue weighted by Gasteiger charge is -2.59. The summed E-state index contributed by atoms with van der Waals surface area (Å²) in [7, 11) is 0. The van der Waals surface area contributed by atoms with E-state index in [1.54, 1.807) is 0 Å². The van der Waals surface area contributed by atoms with Crippen molar-refractivity contribution in [2.45, 2.75) is 125 Å². The summed E-state index contributed by atoms with van der Waals surface area (Å²) in [6, 6.07) is 26.9. The van der Waals surface area contributed by atoms with Crippen molar-refractivity contribution in [3.05, 3.63) is 107 Å². The van der Waals surface area contributed by atoms with E-state index in [-0.39, 0.29) is 28.6 Å². The van der Waals surface area contributed by atoms with Crippen LogP contribution in [0.15, 0.2) is 90.5 Å². The fraction of sp³-hybridized carbons (Fsp3) is 0.551. The smallest absolute Gasteiger partial charge is 0.140 e. The van der Waals surface area contributed by atoms with Gasteiger partial charge in [0.1, 0.15) is 36.3 Å². The largest absolute Gasteiger partial charge is 0.489 e. The second kappa shape index (κ2) is 14.9.